The molecule has 0 radical (unpaired) electrons. The van der Waals surface area contributed by atoms with E-state index in [9.17, 15) is 9.59 Å². The van der Waals surface area contributed by atoms with Crippen LogP contribution in [0.5, 0.6) is 0 Å². The van der Waals surface area contributed by atoms with E-state index in [-0.39, 0.29) is 23.8 Å². The molecule has 1 rings (SSSR count). The summed E-state index contributed by atoms with van der Waals surface area (Å²) in [5.41, 5.74) is -0.307. The SMILES string of the molecule is CCC1(C(=O)NCC(=O)NCCOC)CCNCC1. The van der Waals surface area contributed by atoms with Crippen molar-refractivity contribution < 1.29 is 14.3 Å². The van der Waals surface area contributed by atoms with Crippen LogP contribution in [0.15, 0.2) is 0 Å². The lowest BCUT2D eigenvalue weighted by Gasteiger charge is -2.35. The van der Waals surface area contributed by atoms with Crippen molar-refractivity contribution in [2.24, 2.45) is 5.41 Å². The van der Waals surface area contributed by atoms with Crippen LogP contribution in [-0.2, 0) is 14.3 Å². The molecule has 2 amide bonds. The minimum Gasteiger partial charge on any atom is -0.383 e. The second-order valence-electron chi connectivity index (χ2n) is 4.91. The molecule has 1 heterocycles. The smallest absolute Gasteiger partial charge is 0.239 e. The molecule has 0 aromatic heterocycles. The van der Waals surface area contributed by atoms with E-state index in [2.05, 4.69) is 16.0 Å². The Morgan fingerprint density at radius 3 is 2.53 bits per heavy atom. The molecule has 19 heavy (non-hydrogen) atoms. The van der Waals surface area contributed by atoms with Gasteiger partial charge in [0.05, 0.1) is 18.6 Å². The topological polar surface area (TPSA) is 79.5 Å². The van der Waals surface area contributed by atoms with E-state index in [0.29, 0.717) is 13.2 Å². The molecule has 0 spiro atoms. The number of hydrogen-bond acceptors (Lipinski definition) is 4. The largest absolute Gasteiger partial charge is 0.383 e. The maximum absolute atomic E-state index is 12.2. The van der Waals surface area contributed by atoms with Crippen LogP contribution in [0.3, 0.4) is 0 Å². The quantitative estimate of drug-likeness (QED) is 0.553. The molecule has 1 aliphatic rings. The van der Waals surface area contributed by atoms with Crippen LogP contribution >= 0.6 is 0 Å². The first-order chi connectivity index (χ1) is 9.14. The van der Waals surface area contributed by atoms with Gasteiger partial charge in [-0.3, -0.25) is 9.59 Å². The molecule has 0 aromatic rings. The normalized spacial score (nSPS) is 17.8. The van der Waals surface area contributed by atoms with E-state index in [0.717, 1.165) is 32.4 Å². The molecule has 110 valence electrons. The van der Waals surface area contributed by atoms with Gasteiger partial charge in [0, 0.05) is 13.7 Å². The highest BCUT2D eigenvalue weighted by Crippen LogP contribution is 2.32. The molecule has 0 atom stereocenters. The Balaban J connectivity index is 2.34. The summed E-state index contributed by atoms with van der Waals surface area (Å²) in [7, 11) is 1.58. The zero-order chi connectivity index (χ0) is 14.1. The third kappa shape index (κ3) is 4.80. The van der Waals surface area contributed by atoms with Gasteiger partial charge in [-0.25, -0.2) is 0 Å². The first-order valence-corrected chi connectivity index (χ1v) is 6.89. The number of nitrogens with one attached hydrogen (secondary N) is 3. The second-order valence-corrected chi connectivity index (χ2v) is 4.91. The van der Waals surface area contributed by atoms with Gasteiger partial charge in [-0.15, -0.1) is 0 Å². The number of rotatable bonds is 7. The standard InChI is InChI=1S/C13H25N3O3/c1-3-13(4-6-14-7-5-13)12(18)16-10-11(17)15-8-9-19-2/h14H,3-10H2,1-2H3,(H,15,17)(H,16,18). The number of methoxy groups -OCH3 is 1. The number of ether oxygens (including phenoxy) is 1. The molecule has 1 aliphatic heterocycles. The Hall–Kier alpha value is -1.14. The first kappa shape index (κ1) is 15.9. The van der Waals surface area contributed by atoms with Gasteiger partial charge < -0.3 is 20.7 Å². The van der Waals surface area contributed by atoms with E-state index in [1.807, 2.05) is 6.92 Å². The van der Waals surface area contributed by atoms with Crippen LogP contribution in [0.2, 0.25) is 0 Å². The molecule has 6 heteroatoms. The zero-order valence-corrected chi connectivity index (χ0v) is 11.9. The summed E-state index contributed by atoms with van der Waals surface area (Å²) in [6, 6.07) is 0. The van der Waals surface area contributed by atoms with Gasteiger partial charge in [0.15, 0.2) is 0 Å². The van der Waals surface area contributed by atoms with Crippen molar-refractivity contribution in [3.63, 3.8) is 0 Å². The summed E-state index contributed by atoms with van der Waals surface area (Å²) in [6.07, 6.45) is 2.48. The van der Waals surface area contributed by atoms with Crippen LogP contribution in [-0.4, -0.2) is 51.7 Å². The van der Waals surface area contributed by atoms with Crippen molar-refractivity contribution >= 4 is 11.8 Å². The molecule has 6 nitrogen and oxygen atoms in total. The highest BCUT2D eigenvalue weighted by Gasteiger charge is 2.37. The van der Waals surface area contributed by atoms with Crippen molar-refractivity contribution in [2.45, 2.75) is 26.2 Å². The minimum absolute atomic E-state index is 0.00149. The molecule has 1 fully saturated rings. The van der Waals surface area contributed by atoms with Gasteiger partial charge in [-0.2, -0.15) is 0 Å². The van der Waals surface area contributed by atoms with Gasteiger partial charge in [-0.1, -0.05) is 6.92 Å². The number of hydrogen-bond donors (Lipinski definition) is 3. The Morgan fingerprint density at radius 1 is 1.26 bits per heavy atom. The number of piperidine rings is 1. The Morgan fingerprint density at radius 2 is 1.95 bits per heavy atom. The summed E-state index contributed by atoms with van der Waals surface area (Å²) in [5.74, 6) is -0.177. The van der Waals surface area contributed by atoms with E-state index in [4.69, 9.17) is 4.74 Å². The second kappa shape index (κ2) is 8.12. The summed E-state index contributed by atoms with van der Waals surface area (Å²) in [5, 5.41) is 8.69. The Labute approximate surface area is 114 Å². The minimum atomic E-state index is -0.307. The summed E-state index contributed by atoms with van der Waals surface area (Å²) in [4.78, 5) is 23.7. The lowest BCUT2D eigenvalue weighted by atomic mass is 9.76. The van der Waals surface area contributed by atoms with Crippen molar-refractivity contribution in [1.82, 2.24) is 16.0 Å². The van der Waals surface area contributed by atoms with Gasteiger partial charge >= 0.3 is 0 Å². The maximum atomic E-state index is 12.2. The van der Waals surface area contributed by atoms with Crippen LogP contribution in [0.4, 0.5) is 0 Å². The summed E-state index contributed by atoms with van der Waals surface area (Å²) >= 11 is 0. The summed E-state index contributed by atoms with van der Waals surface area (Å²) < 4.78 is 4.84. The van der Waals surface area contributed by atoms with E-state index in [1.165, 1.54) is 0 Å². The molecular weight excluding hydrogens is 246 g/mol. The third-order valence-corrected chi connectivity index (χ3v) is 3.76. The fraction of sp³-hybridized carbons (Fsp3) is 0.846. The average molecular weight is 271 g/mol. The average Bonchev–Trinajstić information content (AvgIpc) is 2.45. The molecule has 0 aliphatic carbocycles. The lowest BCUT2D eigenvalue weighted by molar-refractivity contribution is -0.134. The fourth-order valence-electron chi connectivity index (χ4n) is 2.35. The van der Waals surface area contributed by atoms with Gasteiger partial charge in [-0.05, 0) is 32.4 Å². The summed E-state index contributed by atoms with van der Waals surface area (Å²) in [6.45, 7) is 4.74. The molecule has 1 saturated heterocycles. The zero-order valence-electron chi connectivity index (χ0n) is 11.9. The predicted octanol–water partition coefficient (Wildman–Crippen LogP) is -0.355. The molecule has 0 unspecified atom stereocenters. The van der Waals surface area contributed by atoms with Crippen LogP contribution in [0.25, 0.3) is 0 Å². The molecule has 0 aromatic carbocycles. The Bertz CT molecular complexity index is 302. The van der Waals surface area contributed by atoms with Crippen LogP contribution < -0.4 is 16.0 Å². The molecule has 0 saturated carbocycles. The van der Waals surface area contributed by atoms with Crippen molar-refractivity contribution in [3.05, 3.63) is 0 Å². The van der Waals surface area contributed by atoms with Gasteiger partial charge in [0.2, 0.25) is 11.8 Å². The maximum Gasteiger partial charge on any atom is 0.239 e. The highest BCUT2D eigenvalue weighted by molar-refractivity contribution is 5.87. The van der Waals surface area contributed by atoms with E-state index in [1.54, 1.807) is 7.11 Å². The fourth-order valence-corrected chi connectivity index (χ4v) is 2.35. The number of carbonyl (C=O) groups is 2. The molecular formula is C13H25N3O3. The van der Waals surface area contributed by atoms with Gasteiger partial charge in [0.25, 0.3) is 0 Å². The molecule has 0 bridgehead atoms. The predicted molar refractivity (Wildman–Crippen MR) is 72.7 cm³/mol. The third-order valence-electron chi connectivity index (χ3n) is 3.76. The van der Waals surface area contributed by atoms with Gasteiger partial charge in [0.1, 0.15) is 0 Å². The van der Waals surface area contributed by atoms with Crippen molar-refractivity contribution in [3.8, 4) is 0 Å². The number of carbonyl (C=O) groups excluding carboxylic acids is 2. The van der Waals surface area contributed by atoms with E-state index >= 15 is 0 Å². The Kier molecular flexibility index (Phi) is 6.80. The lowest BCUT2D eigenvalue weighted by Crippen LogP contribution is -2.49. The van der Waals surface area contributed by atoms with Crippen LogP contribution in [0, 0.1) is 5.41 Å². The van der Waals surface area contributed by atoms with Crippen molar-refractivity contribution in [1.29, 1.82) is 0 Å². The van der Waals surface area contributed by atoms with E-state index < -0.39 is 0 Å². The highest BCUT2D eigenvalue weighted by atomic mass is 16.5. The number of amides is 2. The first-order valence-electron chi connectivity index (χ1n) is 6.89. The molecule has 3 N–H and O–H groups in total. The monoisotopic (exact) mass is 271 g/mol. The van der Waals surface area contributed by atoms with Crippen LogP contribution in [0.1, 0.15) is 26.2 Å². The van der Waals surface area contributed by atoms with Crippen molar-refractivity contribution in [2.75, 3.05) is 39.9 Å².